The Morgan fingerprint density at radius 2 is 2.33 bits per heavy atom. The van der Waals surface area contributed by atoms with Crippen molar-refractivity contribution >= 4 is 0 Å². The summed E-state index contributed by atoms with van der Waals surface area (Å²) in [4.78, 5) is 0. The van der Waals surface area contributed by atoms with E-state index in [0.717, 1.165) is 19.4 Å². The van der Waals surface area contributed by atoms with Crippen molar-refractivity contribution in [1.29, 1.82) is 0 Å². The molecule has 3 heteroatoms. The Bertz CT molecular complexity index is 59.0. The van der Waals surface area contributed by atoms with E-state index in [9.17, 15) is 0 Å². The summed E-state index contributed by atoms with van der Waals surface area (Å²) < 4.78 is 0. The van der Waals surface area contributed by atoms with Gasteiger partial charge in [0.25, 0.3) is 0 Å². The van der Waals surface area contributed by atoms with E-state index in [1.165, 1.54) is 0 Å². The molecule has 0 aromatic rings. The molecular formula is C6H16N2O. The highest BCUT2D eigenvalue weighted by Crippen LogP contribution is 1.92. The van der Waals surface area contributed by atoms with Gasteiger partial charge >= 0.3 is 0 Å². The number of aliphatic hydroxyl groups excluding tert-OH is 1. The highest BCUT2D eigenvalue weighted by Gasteiger charge is 1.97. The van der Waals surface area contributed by atoms with Gasteiger partial charge in [-0.2, -0.15) is 0 Å². The van der Waals surface area contributed by atoms with E-state index in [1.54, 1.807) is 0 Å². The molecule has 0 radical (unpaired) electrons. The minimum atomic E-state index is -0.307. The fourth-order valence-electron chi connectivity index (χ4n) is 0.632. The highest BCUT2D eigenvalue weighted by molar-refractivity contribution is 4.55. The van der Waals surface area contributed by atoms with Crippen molar-refractivity contribution in [2.45, 2.75) is 18.9 Å². The lowest BCUT2D eigenvalue weighted by Gasteiger charge is -2.05. The summed E-state index contributed by atoms with van der Waals surface area (Å²) >= 11 is 0. The van der Waals surface area contributed by atoms with Gasteiger partial charge in [0.2, 0.25) is 0 Å². The van der Waals surface area contributed by atoms with Crippen molar-refractivity contribution in [3.8, 4) is 0 Å². The number of rotatable bonds is 5. The van der Waals surface area contributed by atoms with Gasteiger partial charge in [-0.15, -0.1) is 0 Å². The maximum absolute atomic E-state index is 8.93. The van der Waals surface area contributed by atoms with Crippen molar-refractivity contribution in [2.24, 2.45) is 5.73 Å². The highest BCUT2D eigenvalue weighted by atomic mass is 16.3. The molecule has 0 saturated carbocycles. The van der Waals surface area contributed by atoms with E-state index in [1.807, 2.05) is 7.05 Å². The van der Waals surface area contributed by atoms with Crippen molar-refractivity contribution in [3.05, 3.63) is 0 Å². The van der Waals surface area contributed by atoms with Gasteiger partial charge < -0.3 is 16.2 Å². The molecule has 0 rings (SSSR count). The summed E-state index contributed by atoms with van der Waals surface area (Å²) in [5, 5.41) is 11.9. The molecule has 0 aliphatic rings. The Labute approximate surface area is 56.2 Å². The number of hydrogen-bond donors (Lipinski definition) is 3. The zero-order valence-electron chi connectivity index (χ0n) is 5.93. The zero-order valence-corrected chi connectivity index (χ0v) is 5.93. The third-order valence-electron chi connectivity index (χ3n) is 1.24. The maximum atomic E-state index is 8.93. The molecule has 0 aliphatic carbocycles. The largest absolute Gasteiger partial charge is 0.392 e. The Kier molecular flexibility index (Phi) is 5.93. The predicted octanol–water partition coefficient (Wildman–Crippen LogP) is -0.694. The molecule has 0 heterocycles. The Morgan fingerprint density at radius 3 is 2.78 bits per heavy atom. The molecule has 9 heavy (non-hydrogen) atoms. The standard InChI is InChI=1S/C6H16N2O/c1-8-4-2-3-6(9)5-7/h6,8-9H,2-5,7H2,1H3. The van der Waals surface area contributed by atoms with E-state index in [2.05, 4.69) is 5.32 Å². The van der Waals surface area contributed by atoms with Crippen LogP contribution in [-0.4, -0.2) is 31.3 Å². The maximum Gasteiger partial charge on any atom is 0.0662 e. The fraction of sp³-hybridized carbons (Fsp3) is 1.00. The number of nitrogens with one attached hydrogen (secondary N) is 1. The first kappa shape index (κ1) is 8.88. The van der Waals surface area contributed by atoms with Crippen LogP contribution in [0.15, 0.2) is 0 Å². The van der Waals surface area contributed by atoms with Gasteiger partial charge in [0.1, 0.15) is 0 Å². The SMILES string of the molecule is CNCCCC(O)CN. The van der Waals surface area contributed by atoms with Crippen molar-refractivity contribution in [1.82, 2.24) is 5.32 Å². The molecular weight excluding hydrogens is 116 g/mol. The molecule has 0 saturated heterocycles. The number of nitrogens with two attached hydrogens (primary N) is 1. The smallest absolute Gasteiger partial charge is 0.0662 e. The first-order chi connectivity index (χ1) is 4.31. The molecule has 0 aromatic heterocycles. The first-order valence-electron chi connectivity index (χ1n) is 3.34. The average molecular weight is 132 g/mol. The minimum Gasteiger partial charge on any atom is -0.392 e. The molecule has 56 valence electrons. The summed E-state index contributed by atoms with van der Waals surface area (Å²) in [6.45, 7) is 1.33. The van der Waals surface area contributed by atoms with E-state index < -0.39 is 0 Å². The number of hydrogen-bond acceptors (Lipinski definition) is 3. The number of aliphatic hydroxyl groups is 1. The van der Waals surface area contributed by atoms with Gasteiger partial charge in [0, 0.05) is 6.54 Å². The van der Waals surface area contributed by atoms with E-state index in [4.69, 9.17) is 10.8 Å². The van der Waals surface area contributed by atoms with Crippen LogP contribution in [0.4, 0.5) is 0 Å². The van der Waals surface area contributed by atoms with Crippen LogP contribution in [0.1, 0.15) is 12.8 Å². The molecule has 1 atom stereocenters. The van der Waals surface area contributed by atoms with Crippen LogP contribution in [0.5, 0.6) is 0 Å². The second-order valence-corrected chi connectivity index (χ2v) is 2.14. The normalized spacial score (nSPS) is 13.7. The van der Waals surface area contributed by atoms with Gasteiger partial charge in [0.15, 0.2) is 0 Å². The molecule has 0 fully saturated rings. The lowest BCUT2D eigenvalue weighted by atomic mass is 10.2. The van der Waals surface area contributed by atoms with Crippen molar-refractivity contribution in [3.63, 3.8) is 0 Å². The van der Waals surface area contributed by atoms with E-state index in [-0.39, 0.29) is 6.10 Å². The molecule has 1 unspecified atom stereocenters. The molecule has 3 nitrogen and oxygen atoms in total. The van der Waals surface area contributed by atoms with Crippen LogP contribution >= 0.6 is 0 Å². The summed E-state index contributed by atoms with van der Waals surface area (Å²) in [5.74, 6) is 0. The molecule has 0 spiro atoms. The van der Waals surface area contributed by atoms with Gasteiger partial charge in [-0.3, -0.25) is 0 Å². The lowest BCUT2D eigenvalue weighted by molar-refractivity contribution is 0.170. The molecule has 0 bridgehead atoms. The second kappa shape index (κ2) is 6.01. The van der Waals surface area contributed by atoms with Crippen LogP contribution in [0, 0.1) is 0 Å². The summed E-state index contributed by atoms with van der Waals surface area (Å²) in [5.41, 5.74) is 5.18. The van der Waals surface area contributed by atoms with Gasteiger partial charge in [-0.25, -0.2) is 0 Å². The Hall–Kier alpha value is -0.120. The Balaban J connectivity index is 2.88. The second-order valence-electron chi connectivity index (χ2n) is 2.14. The average Bonchev–Trinajstić information content (AvgIpc) is 1.89. The topological polar surface area (TPSA) is 58.3 Å². The van der Waals surface area contributed by atoms with Gasteiger partial charge in [0.05, 0.1) is 6.10 Å². The van der Waals surface area contributed by atoms with Gasteiger partial charge in [-0.05, 0) is 26.4 Å². The molecule has 4 N–H and O–H groups in total. The summed E-state index contributed by atoms with van der Waals surface area (Å²) in [6.07, 6.45) is 1.49. The van der Waals surface area contributed by atoms with Crippen molar-refractivity contribution in [2.75, 3.05) is 20.1 Å². The zero-order chi connectivity index (χ0) is 7.11. The van der Waals surface area contributed by atoms with Crippen LogP contribution in [0.25, 0.3) is 0 Å². The quantitative estimate of drug-likeness (QED) is 0.434. The van der Waals surface area contributed by atoms with Gasteiger partial charge in [-0.1, -0.05) is 0 Å². The monoisotopic (exact) mass is 132 g/mol. The van der Waals surface area contributed by atoms with Crippen LogP contribution < -0.4 is 11.1 Å². The summed E-state index contributed by atoms with van der Waals surface area (Å²) in [6, 6.07) is 0. The lowest BCUT2D eigenvalue weighted by Crippen LogP contribution is -2.21. The summed E-state index contributed by atoms with van der Waals surface area (Å²) in [7, 11) is 1.90. The van der Waals surface area contributed by atoms with Crippen LogP contribution in [-0.2, 0) is 0 Å². The predicted molar refractivity (Wildman–Crippen MR) is 38.2 cm³/mol. The van der Waals surface area contributed by atoms with E-state index >= 15 is 0 Å². The molecule has 0 aromatic carbocycles. The Morgan fingerprint density at radius 1 is 1.67 bits per heavy atom. The molecule has 0 amide bonds. The third kappa shape index (κ3) is 5.76. The molecule has 0 aliphatic heterocycles. The van der Waals surface area contributed by atoms with Crippen LogP contribution in [0.2, 0.25) is 0 Å². The van der Waals surface area contributed by atoms with Crippen LogP contribution in [0.3, 0.4) is 0 Å². The fourth-order valence-corrected chi connectivity index (χ4v) is 0.632. The van der Waals surface area contributed by atoms with E-state index in [0.29, 0.717) is 6.54 Å². The first-order valence-corrected chi connectivity index (χ1v) is 3.34. The van der Waals surface area contributed by atoms with Crippen molar-refractivity contribution < 1.29 is 5.11 Å². The minimum absolute atomic E-state index is 0.307. The third-order valence-corrected chi connectivity index (χ3v) is 1.24.